The van der Waals surface area contributed by atoms with E-state index in [1.807, 2.05) is 45.9 Å². The van der Waals surface area contributed by atoms with Crippen LogP contribution < -0.4 is 0 Å². The number of hydrogen-bond donors (Lipinski definition) is 0. The van der Waals surface area contributed by atoms with Crippen molar-refractivity contribution in [1.29, 1.82) is 0 Å². The molecule has 54 heavy (non-hydrogen) atoms. The molecule has 262 valence electrons. The molecule has 8 aromatic rings. The summed E-state index contributed by atoms with van der Waals surface area (Å²) in [5.41, 5.74) is 14.9. The van der Waals surface area contributed by atoms with Gasteiger partial charge in [0, 0.05) is 33.6 Å². The van der Waals surface area contributed by atoms with Gasteiger partial charge in [0.05, 0.1) is 11.4 Å². The van der Waals surface area contributed by atoms with E-state index < -0.39 is 0 Å². The lowest BCUT2D eigenvalue weighted by Crippen LogP contribution is -2.00. The maximum absolute atomic E-state index is 5.26. The van der Waals surface area contributed by atoms with Crippen LogP contribution in [0.5, 0.6) is 0 Å². The van der Waals surface area contributed by atoms with Crippen molar-refractivity contribution in [2.24, 2.45) is 0 Å². The first-order valence-electron chi connectivity index (χ1n) is 18.9. The van der Waals surface area contributed by atoms with Gasteiger partial charge in [-0.25, -0.2) is 19.9 Å². The Balaban J connectivity index is 0.00000203. The molecule has 1 aliphatic carbocycles. The van der Waals surface area contributed by atoms with Gasteiger partial charge in [-0.1, -0.05) is 135 Å². The fraction of sp³-hybridized carbons (Fsp3) is 0.120. The third-order valence-corrected chi connectivity index (χ3v) is 9.82. The maximum Gasteiger partial charge on any atom is 0.160 e. The van der Waals surface area contributed by atoms with Crippen LogP contribution in [0.1, 0.15) is 42.8 Å². The lowest BCUT2D eigenvalue weighted by Gasteiger charge is -2.20. The molecule has 4 heteroatoms. The normalized spacial score (nSPS) is 11.9. The summed E-state index contributed by atoms with van der Waals surface area (Å²) >= 11 is 0. The average molecular weight is 699 g/mol. The Bertz CT molecular complexity index is 2560. The summed E-state index contributed by atoms with van der Waals surface area (Å²) in [6, 6.07) is 51.4. The third-order valence-electron chi connectivity index (χ3n) is 9.82. The van der Waals surface area contributed by atoms with E-state index in [-0.39, 0.29) is 0 Å². The summed E-state index contributed by atoms with van der Waals surface area (Å²) in [7, 11) is 0. The Hall–Kier alpha value is -6.52. The first-order valence-corrected chi connectivity index (χ1v) is 18.9. The highest BCUT2D eigenvalue weighted by Gasteiger charge is 2.19. The van der Waals surface area contributed by atoms with E-state index in [0.29, 0.717) is 5.82 Å². The number of benzene rings is 6. The lowest BCUT2D eigenvalue weighted by atomic mass is 9.84. The van der Waals surface area contributed by atoms with Crippen LogP contribution in [0.2, 0.25) is 0 Å². The number of nitrogens with zero attached hydrogens (tertiary/aromatic N) is 4. The minimum Gasteiger partial charge on any atom is -0.233 e. The Morgan fingerprint density at radius 1 is 0.444 bits per heavy atom. The topological polar surface area (TPSA) is 51.6 Å². The molecule has 0 spiro atoms. The van der Waals surface area contributed by atoms with E-state index in [4.69, 9.17) is 19.9 Å². The van der Waals surface area contributed by atoms with Crippen LogP contribution in [-0.2, 0) is 6.42 Å². The van der Waals surface area contributed by atoms with Crippen LogP contribution in [0.3, 0.4) is 0 Å². The number of fused-ring (bicyclic) bond motifs is 2. The van der Waals surface area contributed by atoms with Gasteiger partial charge in [0.15, 0.2) is 11.6 Å². The largest absolute Gasteiger partial charge is 0.233 e. The summed E-state index contributed by atoms with van der Waals surface area (Å²) in [4.78, 5) is 20.1. The van der Waals surface area contributed by atoms with Gasteiger partial charge in [0.25, 0.3) is 0 Å². The molecule has 0 bridgehead atoms. The van der Waals surface area contributed by atoms with Crippen molar-refractivity contribution >= 4 is 16.8 Å². The van der Waals surface area contributed by atoms with E-state index in [1.165, 1.54) is 27.5 Å². The van der Waals surface area contributed by atoms with Crippen molar-refractivity contribution in [1.82, 2.24) is 19.9 Å². The van der Waals surface area contributed by atoms with Crippen LogP contribution in [-0.4, -0.2) is 19.9 Å². The molecule has 1 aliphatic rings. The molecule has 0 amide bonds. The molecule has 0 unspecified atom stereocenters. The molecule has 6 aromatic carbocycles. The van der Waals surface area contributed by atoms with Gasteiger partial charge in [-0.2, -0.15) is 0 Å². The first-order chi connectivity index (χ1) is 26.6. The molecule has 0 saturated carbocycles. The molecule has 9 rings (SSSR count). The Kier molecular flexibility index (Phi) is 9.74. The van der Waals surface area contributed by atoms with Crippen molar-refractivity contribution < 1.29 is 0 Å². The van der Waals surface area contributed by atoms with Crippen LogP contribution in [0.4, 0.5) is 0 Å². The van der Waals surface area contributed by atoms with Crippen molar-refractivity contribution in [3.05, 3.63) is 174 Å². The van der Waals surface area contributed by atoms with Gasteiger partial charge in [-0.3, -0.25) is 0 Å². The zero-order valence-electron chi connectivity index (χ0n) is 31.2. The Morgan fingerprint density at radius 3 is 1.70 bits per heavy atom. The van der Waals surface area contributed by atoms with E-state index in [0.717, 1.165) is 80.4 Å². The second kappa shape index (κ2) is 15.2. The molecule has 0 radical (unpaired) electrons. The molecule has 0 atom stereocenters. The van der Waals surface area contributed by atoms with Crippen LogP contribution in [0.15, 0.2) is 152 Å². The van der Waals surface area contributed by atoms with Gasteiger partial charge < -0.3 is 0 Å². The Morgan fingerprint density at radius 2 is 1.00 bits per heavy atom. The minimum absolute atomic E-state index is 0.682. The summed E-state index contributed by atoms with van der Waals surface area (Å²) in [6.07, 6.45) is 6.69. The SMILES string of the molecule is CC.Cc1cc(C)nc(-c2cccc(-c3cc(-c4nc(-c5ccccc5)cc(-c5ccccc5)n4)cc(-c4c5c(cc6ccccc46)CCC=C5)c3)c2)n1. The molecule has 0 fully saturated rings. The van der Waals surface area contributed by atoms with Crippen LogP contribution in [0, 0.1) is 13.8 Å². The second-order valence-corrected chi connectivity index (χ2v) is 13.5. The highest BCUT2D eigenvalue weighted by molar-refractivity contribution is 6.03. The average Bonchev–Trinajstić information content (AvgIpc) is 3.23. The predicted octanol–water partition coefficient (Wildman–Crippen LogP) is 13.0. The number of aryl methyl sites for hydroxylation is 3. The molecule has 0 N–H and O–H groups in total. The molecular formula is C50H42N4. The van der Waals surface area contributed by atoms with E-state index in [1.54, 1.807) is 0 Å². The molecular weight excluding hydrogens is 657 g/mol. The van der Waals surface area contributed by atoms with Gasteiger partial charge in [-0.05, 0) is 107 Å². The second-order valence-electron chi connectivity index (χ2n) is 13.5. The molecule has 2 heterocycles. The van der Waals surface area contributed by atoms with Crippen molar-refractivity contribution in [3.8, 4) is 67.5 Å². The zero-order chi connectivity index (χ0) is 37.0. The molecule has 4 nitrogen and oxygen atoms in total. The van der Waals surface area contributed by atoms with Gasteiger partial charge in [0.1, 0.15) is 0 Å². The van der Waals surface area contributed by atoms with E-state index in [9.17, 15) is 0 Å². The fourth-order valence-electron chi connectivity index (χ4n) is 7.42. The van der Waals surface area contributed by atoms with E-state index >= 15 is 0 Å². The number of aromatic nitrogens is 4. The number of rotatable bonds is 6. The smallest absolute Gasteiger partial charge is 0.160 e. The van der Waals surface area contributed by atoms with E-state index in [2.05, 4.69) is 140 Å². The van der Waals surface area contributed by atoms with Gasteiger partial charge >= 0.3 is 0 Å². The number of hydrogen-bond acceptors (Lipinski definition) is 4. The summed E-state index contributed by atoms with van der Waals surface area (Å²) < 4.78 is 0. The quantitative estimate of drug-likeness (QED) is 0.173. The fourth-order valence-corrected chi connectivity index (χ4v) is 7.42. The van der Waals surface area contributed by atoms with Crippen molar-refractivity contribution in [2.75, 3.05) is 0 Å². The van der Waals surface area contributed by atoms with Crippen LogP contribution >= 0.6 is 0 Å². The Labute approximate surface area is 318 Å². The zero-order valence-corrected chi connectivity index (χ0v) is 31.2. The number of allylic oxidation sites excluding steroid dienone is 1. The third kappa shape index (κ3) is 6.99. The summed E-state index contributed by atoms with van der Waals surface area (Å²) in [5.74, 6) is 1.41. The van der Waals surface area contributed by atoms with Crippen molar-refractivity contribution in [2.45, 2.75) is 40.5 Å². The minimum atomic E-state index is 0.682. The van der Waals surface area contributed by atoms with Gasteiger partial charge in [0.2, 0.25) is 0 Å². The summed E-state index contributed by atoms with van der Waals surface area (Å²) in [5, 5.41) is 2.48. The first kappa shape index (κ1) is 34.6. The molecule has 0 saturated heterocycles. The standard InChI is InChI=1S/C48H36N4.C2H6/c1-31-24-32(2)50-47(49-31)38-21-13-20-35(25-38)39-27-40(46-42-22-11-9-18-36(42)26-37-19-10-12-23-43(37)46)29-41(28-39)48-51-44(33-14-5-3-6-15-33)30-45(52-48)34-16-7-4-8-17-34;1-2/h3-9,11-18,20-30H,10,19H2,1-2H3;1-2H3. The monoisotopic (exact) mass is 698 g/mol. The predicted molar refractivity (Wildman–Crippen MR) is 226 cm³/mol. The van der Waals surface area contributed by atoms with Crippen molar-refractivity contribution in [3.63, 3.8) is 0 Å². The van der Waals surface area contributed by atoms with Gasteiger partial charge in [-0.15, -0.1) is 0 Å². The summed E-state index contributed by atoms with van der Waals surface area (Å²) in [6.45, 7) is 8.04. The highest BCUT2D eigenvalue weighted by atomic mass is 14.9. The van der Waals surface area contributed by atoms with Crippen LogP contribution in [0.25, 0.3) is 84.4 Å². The maximum atomic E-state index is 5.26. The molecule has 0 aliphatic heterocycles. The molecule has 2 aromatic heterocycles. The lowest BCUT2D eigenvalue weighted by molar-refractivity contribution is 0.989. The highest BCUT2D eigenvalue weighted by Crippen LogP contribution is 2.41.